The molecule has 3 saturated carbocycles. The number of amides is 4. The smallest absolute Gasteiger partial charge is 0.403 e. The molecule has 2 bridgehead atoms. The fourth-order valence-corrected chi connectivity index (χ4v) is 9.13. The first kappa shape index (κ1) is 47.2. The molecule has 0 radical (unpaired) electrons. The highest BCUT2D eigenvalue weighted by Gasteiger charge is 2.68. The normalized spacial score (nSPS) is 23.9. The SMILES string of the molecule is CCCCc1ccc(-c2ccc(CNCCCC(=O)N[C@H](C(=O)N[C@@H](C)C(=O)N[C@@H](CCCCN)C(=O)N[C@@H](N)B3OC4C[C@@H]5C[C@@H](C5(C)C)[C@]4(C)O3)[C@@H](C)O)cc2)cc1. The zero-order chi connectivity index (χ0) is 43.6. The van der Waals surface area contributed by atoms with E-state index in [2.05, 4.69) is 103 Å². The van der Waals surface area contributed by atoms with E-state index in [9.17, 15) is 24.3 Å². The Bertz CT molecular complexity index is 1750. The van der Waals surface area contributed by atoms with Crippen molar-refractivity contribution in [1.82, 2.24) is 26.6 Å². The quantitative estimate of drug-likeness (QED) is 0.0465. The van der Waals surface area contributed by atoms with Crippen LogP contribution in [0.4, 0.5) is 0 Å². The number of carbonyl (C=O) groups excluding carboxylic acids is 4. The third kappa shape index (κ3) is 11.7. The van der Waals surface area contributed by atoms with Crippen LogP contribution in [0.5, 0.6) is 0 Å². The summed E-state index contributed by atoms with van der Waals surface area (Å²) < 4.78 is 12.7. The van der Waals surface area contributed by atoms with Gasteiger partial charge in [0.1, 0.15) is 24.2 Å². The van der Waals surface area contributed by atoms with Gasteiger partial charge in [-0.2, -0.15) is 0 Å². The summed E-state index contributed by atoms with van der Waals surface area (Å²) in [6.07, 6.45) is 6.22. The first-order chi connectivity index (χ1) is 28.6. The van der Waals surface area contributed by atoms with Crippen molar-refractivity contribution in [3.05, 3.63) is 59.7 Å². The average Bonchev–Trinajstić information content (AvgIpc) is 3.59. The molecule has 1 heterocycles. The van der Waals surface area contributed by atoms with Gasteiger partial charge in [0, 0.05) is 13.0 Å². The molecule has 4 amide bonds. The molecule has 10 N–H and O–H groups in total. The number of benzene rings is 2. The number of hydrogen-bond donors (Lipinski definition) is 8. The van der Waals surface area contributed by atoms with Crippen LogP contribution in [0.2, 0.25) is 0 Å². The van der Waals surface area contributed by atoms with Crippen molar-refractivity contribution in [3.63, 3.8) is 0 Å². The zero-order valence-electron chi connectivity index (χ0n) is 36.6. The lowest BCUT2D eigenvalue weighted by Gasteiger charge is -2.64. The fraction of sp³-hybridized carbons (Fsp3) is 0.644. The molecule has 4 fully saturated rings. The lowest BCUT2D eigenvalue weighted by atomic mass is 9.43. The molecule has 4 aliphatic rings. The molecule has 0 spiro atoms. The molecule has 1 aliphatic heterocycles. The third-order valence-electron chi connectivity index (χ3n) is 13.1. The van der Waals surface area contributed by atoms with Gasteiger partial charge < -0.3 is 52.5 Å². The molecule has 1 saturated heterocycles. The zero-order valence-corrected chi connectivity index (χ0v) is 36.6. The van der Waals surface area contributed by atoms with Crippen molar-refractivity contribution < 1.29 is 33.6 Å². The molecular formula is C45H70BN7O7. The predicted octanol–water partition coefficient (Wildman–Crippen LogP) is 3.22. The Hall–Kier alpha value is -3.86. The molecule has 14 nitrogen and oxygen atoms in total. The van der Waals surface area contributed by atoms with E-state index in [1.807, 2.05) is 0 Å². The van der Waals surface area contributed by atoms with Crippen LogP contribution in [0.15, 0.2) is 48.5 Å². The van der Waals surface area contributed by atoms with E-state index >= 15 is 0 Å². The van der Waals surface area contributed by atoms with Gasteiger partial charge in [-0.3, -0.25) is 19.2 Å². The van der Waals surface area contributed by atoms with Crippen LogP contribution in [0.25, 0.3) is 11.1 Å². The van der Waals surface area contributed by atoms with Gasteiger partial charge in [0.2, 0.25) is 23.6 Å². The average molecular weight is 832 g/mol. The number of unbranched alkanes of at least 4 members (excludes halogenated alkanes) is 2. The Kier molecular flexibility index (Phi) is 16.7. The number of aliphatic hydroxyl groups is 1. The Balaban J connectivity index is 1.03. The van der Waals surface area contributed by atoms with Gasteiger partial charge in [-0.25, -0.2) is 0 Å². The lowest BCUT2D eigenvalue weighted by Crippen LogP contribution is -2.65. The number of hydrogen-bond acceptors (Lipinski definition) is 10. The molecule has 1 unspecified atom stereocenters. The topological polar surface area (TPSA) is 219 Å². The molecule has 0 aromatic heterocycles. The van der Waals surface area contributed by atoms with Crippen molar-refractivity contribution in [1.29, 1.82) is 0 Å². The van der Waals surface area contributed by atoms with E-state index < -0.39 is 66.6 Å². The highest BCUT2D eigenvalue weighted by molar-refractivity contribution is 6.47. The Morgan fingerprint density at radius 1 is 0.850 bits per heavy atom. The summed E-state index contributed by atoms with van der Waals surface area (Å²) in [7, 11) is -0.839. The van der Waals surface area contributed by atoms with Crippen molar-refractivity contribution in [3.8, 4) is 11.1 Å². The van der Waals surface area contributed by atoms with Crippen molar-refractivity contribution in [2.24, 2.45) is 28.7 Å². The molecule has 6 rings (SSSR count). The molecule has 3 aliphatic carbocycles. The molecular weight excluding hydrogens is 761 g/mol. The summed E-state index contributed by atoms with van der Waals surface area (Å²) in [5.41, 5.74) is 16.6. The molecule has 9 atom stereocenters. The minimum absolute atomic E-state index is 0.108. The summed E-state index contributed by atoms with van der Waals surface area (Å²) in [4.78, 5) is 53.0. The number of aliphatic hydroxyl groups excluding tert-OH is 1. The van der Waals surface area contributed by atoms with E-state index in [1.165, 1.54) is 37.8 Å². The second-order valence-corrected chi connectivity index (χ2v) is 18.0. The lowest BCUT2D eigenvalue weighted by molar-refractivity contribution is -0.199. The second kappa shape index (κ2) is 21.3. The number of nitrogens with one attached hydrogen (secondary N) is 5. The minimum atomic E-state index is -1.29. The number of rotatable bonds is 23. The van der Waals surface area contributed by atoms with E-state index in [0.717, 1.165) is 30.4 Å². The minimum Gasteiger partial charge on any atom is -0.403 e. The van der Waals surface area contributed by atoms with E-state index in [0.29, 0.717) is 50.7 Å². The van der Waals surface area contributed by atoms with Gasteiger partial charge in [-0.05, 0) is 125 Å². The summed E-state index contributed by atoms with van der Waals surface area (Å²) in [6.45, 7) is 13.3. The van der Waals surface area contributed by atoms with E-state index in [4.69, 9.17) is 20.8 Å². The molecule has 60 heavy (non-hydrogen) atoms. The van der Waals surface area contributed by atoms with Crippen LogP contribution in [0.3, 0.4) is 0 Å². The molecule has 15 heteroatoms. The number of aryl methyl sites for hydroxylation is 1. The van der Waals surface area contributed by atoms with E-state index in [1.54, 1.807) is 0 Å². The standard InChI is InChI=1S/C45H70BN7O7/c1-7-8-12-30-15-19-32(20-16-30)33-21-17-31(18-22-33)27-49-24-11-14-38(55)52-39(29(3)54)42(58)50-28(2)40(56)51-35(13-9-10-23-47)41(57)53-43(48)46-59-37-26-34-25-36(44(34,4)5)45(37,6)60-46/h15-22,28-29,34-37,39,43,49,54H,7-14,23-27,47-48H2,1-6H3,(H,50,58)(H,51,56)(H,52,55)(H,53,57)/t28-,29+,34-,35-,36-,37?,39-,43+,45-/m0/s1. The number of carbonyl (C=O) groups is 4. The van der Waals surface area contributed by atoms with Crippen LogP contribution in [0.1, 0.15) is 110 Å². The van der Waals surface area contributed by atoms with Gasteiger partial charge in [0.25, 0.3) is 0 Å². The van der Waals surface area contributed by atoms with Crippen molar-refractivity contribution in [2.75, 3.05) is 13.1 Å². The summed E-state index contributed by atoms with van der Waals surface area (Å²) >= 11 is 0. The van der Waals surface area contributed by atoms with Gasteiger partial charge in [-0.1, -0.05) is 75.7 Å². The van der Waals surface area contributed by atoms with Crippen molar-refractivity contribution in [2.45, 2.75) is 154 Å². The van der Waals surface area contributed by atoms with Crippen LogP contribution in [0, 0.1) is 17.3 Å². The van der Waals surface area contributed by atoms with Gasteiger partial charge in [0.05, 0.1) is 17.8 Å². The van der Waals surface area contributed by atoms with Crippen LogP contribution >= 0.6 is 0 Å². The predicted molar refractivity (Wildman–Crippen MR) is 234 cm³/mol. The summed E-state index contributed by atoms with van der Waals surface area (Å²) in [6, 6.07) is 12.8. The molecule has 2 aromatic carbocycles. The van der Waals surface area contributed by atoms with Crippen molar-refractivity contribution >= 4 is 30.7 Å². The van der Waals surface area contributed by atoms with Crippen LogP contribution in [-0.4, -0.2) is 90.9 Å². The maximum atomic E-state index is 13.5. The Morgan fingerprint density at radius 3 is 2.13 bits per heavy atom. The number of nitrogens with two attached hydrogens (primary N) is 2. The summed E-state index contributed by atoms with van der Waals surface area (Å²) in [5.74, 6) is -1.38. The van der Waals surface area contributed by atoms with Gasteiger partial charge in [0.15, 0.2) is 0 Å². The summed E-state index contributed by atoms with van der Waals surface area (Å²) in [5, 5.41) is 24.5. The van der Waals surface area contributed by atoms with Gasteiger partial charge in [-0.15, -0.1) is 0 Å². The van der Waals surface area contributed by atoms with Crippen LogP contribution in [-0.2, 0) is 41.5 Å². The molecule has 330 valence electrons. The maximum Gasteiger partial charge on any atom is 0.497 e. The fourth-order valence-electron chi connectivity index (χ4n) is 9.13. The largest absolute Gasteiger partial charge is 0.497 e. The first-order valence-corrected chi connectivity index (χ1v) is 22.1. The monoisotopic (exact) mass is 832 g/mol. The Morgan fingerprint density at radius 2 is 1.52 bits per heavy atom. The molecule has 2 aromatic rings. The Labute approximate surface area is 357 Å². The third-order valence-corrected chi connectivity index (χ3v) is 13.1. The second-order valence-electron chi connectivity index (χ2n) is 18.0. The highest BCUT2D eigenvalue weighted by Crippen LogP contribution is 2.65. The first-order valence-electron chi connectivity index (χ1n) is 22.1. The van der Waals surface area contributed by atoms with E-state index in [-0.39, 0.29) is 24.4 Å². The maximum absolute atomic E-state index is 13.5. The van der Waals surface area contributed by atoms with Gasteiger partial charge >= 0.3 is 7.12 Å². The highest BCUT2D eigenvalue weighted by atomic mass is 16.7. The van der Waals surface area contributed by atoms with Crippen LogP contribution < -0.4 is 38.1 Å².